The van der Waals surface area contributed by atoms with Crippen molar-refractivity contribution < 1.29 is 19.1 Å². The molecule has 0 fully saturated rings. The smallest absolute Gasteiger partial charge is 0.321 e. The number of likely N-dealkylation sites (N-methyl/N-ethyl adjacent to an activating group) is 1. The van der Waals surface area contributed by atoms with Crippen molar-refractivity contribution in [3.05, 3.63) is 120 Å². The maximum absolute atomic E-state index is 13.5. The number of benzene rings is 3. The molecule has 0 spiro atoms. The number of urea groups is 1. The first kappa shape index (κ1) is 32.2. The zero-order valence-corrected chi connectivity index (χ0v) is 26.7. The first-order chi connectivity index (χ1) is 22.0. The molecule has 0 radical (unpaired) electrons. The van der Waals surface area contributed by atoms with Crippen LogP contribution in [-0.4, -0.2) is 46.4 Å². The number of fused-ring (bicyclic) bond motifs is 1. The SMILES string of the molecule is Cc1ccc2cccc(OCc3ccccc3N(C)C(=O)C(Cl)(Cl)NC(=O)Nc3cccc(C(=O)N(C)c4cccnc4)c3)c2n1. The second-order valence-corrected chi connectivity index (χ2v) is 11.7. The minimum Gasteiger partial charge on any atom is -0.487 e. The van der Waals surface area contributed by atoms with Gasteiger partial charge in [-0.2, -0.15) is 0 Å². The van der Waals surface area contributed by atoms with Crippen molar-refractivity contribution in [2.45, 2.75) is 18.0 Å². The Bertz CT molecular complexity index is 1900. The lowest BCUT2D eigenvalue weighted by atomic mass is 10.1. The van der Waals surface area contributed by atoms with E-state index in [1.165, 1.54) is 22.9 Å². The molecule has 5 rings (SSSR count). The van der Waals surface area contributed by atoms with Gasteiger partial charge in [0, 0.05) is 48.2 Å². The van der Waals surface area contributed by atoms with Crippen molar-refractivity contribution in [3.63, 3.8) is 0 Å². The lowest BCUT2D eigenvalue weighted by molar-refractivity contribution is -0.119. The molecule has 234 valence electrons. The van der Waals surface area contributed by atoms with Crippen molar-refractivity contribution in [3.8, 4) is 5.75 Å². The molecule has 12 heteroatoms. The highest BCUT2D eigenvalue weighted by molar-refractivity contribution is 6.59. The summed E-state index contributed by atoms with van der Waals surface area (Å²) in [6.45, 7) is 2.03. The van der Waals surface area contributed by atoms with Gasteiger partial charge >= 0.3 is 6.03 Å². The largest absolute Gasteiger partial charge is 0.487 e. The highest BCUT2D eigenvalue weighted by Crippen LogP contribution is 2.29. The molecule has 3 aromatic carbocycles. The molecule has 5 aromatic rings. The maximum Gasteiger partial charge on any atom is 0.321 e. The molecule has 0 aliphatic rings. The number of alkyl halides is 2. The van der Waals surface area contributed by atoms with Crippen LogP contribution < -0.4 is 25.2 Å². The molecule has 10 nitrogen and oxygen atoms in total. The Morgan fingerprint density at radius 2 is 1.67 bits per heavy atom. The van der Waals surface area contributed by atoms with Gasteiger partial charge < -0.3 is 19.9 Å². The third-order valence-electron chi connectivity index (χ3n) is 7.11. The molecule has 0 atom stereocenters. The number of carbonyl (C=O) groups excluding carboxylic acids is 3. The number of nitrogens with zero attached hydrogens (tertiary/aromatic N) is 4. The minimum absolute atomic E-state index is 0.124. The van der Waals surface area contributed by atoms with Gasteiger partial charge in [-0.3, -0.25) is 19.9 Å². The number of aryl methyl sites for hydroxylation is 1. The molecular weight excluding hydrogens is 627 g/mol. The van der Waals surface area contributed by atoms with E-state index in [4.69, 9.17) is 27.9 Å². The summed E-state index contributed by atoms with van der Waals surface area (Å²) in [5, 5.41) is 5.82. The Morgan fingerprint density at radius 1 is 0.891 bits per heavy atom. The van der Waals surface area contributed by atoms with Gasteiger partial charge in [-0.1, -0.05) is 65.7 Å². The summed E-state index contributed by atoms with van der Waals surface area (Å²) in [5.74, 6) is -0.517. The predicted molar refractivity (Wildman–Crippen MR) is 181 cm³/mol. The van der Waals surface area contributed by atoms with E-state index in [2.05, 4.69) is 20.6 Å². The Labute approximate surface area is 275 Å². The molecular formula is C34H30Cl2N6O4. The van der Waals surface area contributed by atoms with Crippen molar-refractivity contribution in [1.82, 2.24) is 15.3 Å². The zero-order valence-electron chi connectivity index (χ0n) is 25.2. The Balaban J connectivity index is 1.25. The zero-order chi connectivity index (χ0) is 32.8. The number of pyridine rings is 2. The van der Waals surface area contributed by atoms with Crippen LogP contribution in [-0.2, 0) is 11.4 Å². The summed E-state index contributed by atoms with van der Waals surface area (Å²) < 4.78 is 3.80. The van der Waals surface area contributed by atoms with Gasteiger partial charge in [0.25, 0.3) is 16.3 Å². The van der Waals surface area contributed by atoms with E-state index in [-0.39, 0.29) is 18.2 Å². The first-order valence-electron chi connectivity index (χ1n) is 14.1. The fourth-order valence-corrected chi connectivity index (χ4v) is 5.15. The summed E-state index contributed by atoms with van der Waals surface area (Å²) in [6.07, 6.45) is 3.18. The number of halogens is 2. The quantitative estimate of drug-likeness (QED) is 0.135. The Kier molecular flexibility index (Phi) is 9.69. The molecule has 0 aliphatic heterocycles. The van der Waals surface area contributed by atoms with Gasteiger partial charge in [-0.25, -0.2) is 9.78 Å². The number of anilines is 3. The average Bonchev–Trinajstić information content (AvgIpc) is 3.06. The third kappa shape index (κ3) is 7.36. The molecule has 0 saturated carbocycles. The second kappa shape index (κ2) is 13.8. The number of nitrogens with one attached hydrogen (secondary N) is 2. The molecule has 2 aromatic heterocycles. The second-order valence-electron chi connectivity index (χ2n) is 10.4. The minimum atomic E-state index is -2.34. The number of amides is 4. The van der Waals surface area contributed by atoms with E-state index in [9.17, 15) is 14.4 Å². The monoisotopic (exact) mass is 656 g/mol. The van der Waals surface area contributed by atoms with Crippen LogP contribution in [0.3, 0.4) is 0 Å². The number of aromatic nitrogens is 2. The first-order valence-corrected chi connectivity index (χ1v) is 14.9. The Morgan fingerprint density at radius 3 is 2.46 bits per heavy atom. The van der Waals surface area contributed by atoms with E-state index in [1.54, 1.807) is 61.9 Å². The molecule has 4 amide bonds. The van der Waals surface area contributed by atoms with Crippen LogP contribution in [0.4, 0.5) is 21.9 Å². The molecule has 0 saturated heterocycles. The van der Waals surface area contributed by atoms with Crippen molar-refractivity contribution in [2.75, 3.05) is 29.2 Å². The van der Waals surface area contributed by atoms with Crippen LogP contribution in [0.5, 0.6) is 5.75 Å². The van der Waals surface area contributed by atoms with E-state index >= 15 is 0 Å². The summed E-state index contributed by atoms with van der Waals surface area (Å²) in [6, 6.07) is 25.6. The Hall–Kier alpha value is -5.19. The van der Waals surface area contributed by atoms with E-state index in [1.807, 2.05) is 49.4 Å². The van der Waals surface area contributed by atoms with Crippen LogP contribution in [0.25, 0.3) is 10.9 Å². The summed E-state index contributed by atoms with van der Waals surface area (Å²) in [7, 11) is 3.12. The number of carbonyl (C=O) groups is 3. The van der Waals surface area contributed by atoms with Gasteiger partial charge in [0.05, 0.1) is 17.6 Å². The van der Waals surface area contributed by atoms with Crippen LogP contribution in [0.1, 0.15) is 21.6 Å². The third-order valence-corrected chi connectivity index (χ3v) is 7.62. The van der Waals surface area contributed by atoms with E-state index < -0.39 is 16.4 Å². The van der Waals surface area contributed by atoms with Crippen LogP contribution >= 0.6 is 23.2 Å². The number of hydrogen-bond acceptors (Lipinski definition) is 6. The predicted octanol–water partition coefficient (Wildman–Crippen LogP) is 6.71. The summed E-state index contributed by atoms with van der Waals surface area (Å²) >= 11 is 12.8. The number of hydrogen-bond donors (Lipinski definition) is 2. The lowest BCUT2D eigenvalue weighted by Gasteiger charge is -2.28. The number of para-hydroxylation sites is 2. The highest BCUT2D eigenvalue weighted by Gasteiger charge is 2.39. The molecule has 46 heavy (non-hydrogen) atoms. The molecule has 0 bridgehead atoms. The van der Waals surface area contributed by atoms with Gasteiger partial charge in [0.15, 0.2) is 0 Å². The molecule has 2 N–H and O–H groups in total. The number of ether oxygens (including phenoxy) is 1. The van der Waals surface area contributed by atoms with Crippen molar-refractivity contribution in [2.24, 2.45) is 0 Å². The fourth-order valence-electron chi connectivity index (χ4n) is 4.72. The van der Waals surface area contributed by atoms with E-state index in [0.29, 0.717) is 28.3 Å². The highest BCUT2D eigenvalue weighted by atomic mass is 35.5. The van der Waals surface area contributed by atoms with Crippen molar-refractivity contribution >= 4 is 69.0 Å². The summed E-state index contributed by atoms with van der Waals surface area (Å²) in [4.78, 5) is 50.7. The maximum atomic E-state index is 13.5. The van der Waals surface area contributed by atoms with Gasteiger partial charge in [0.2, 0.25) is 0 Å². The van der Waals surface area contributed by atoms with Crippen molar-refractivity contribution in [1.29, 1.82) is 0 Å². The molecule has 2 heterocycles. The van der Waals surface area contributed by atoms with Gasteiger partial charge in [-0.15, -0.1) is 0 Å². The lowest BCUT2D eigenvalue weighted by Crippen LogP contribution is -2.53. The van der Waals surface area contributed by atoms with Crippen LogP contribution in [0.15, 0.2) is 103 Å². The van der Waals surface area contributed by atoms with Gasteiger partial charge in [-0.05, 0) is 55.5 Å². The van der Waals surface area contributed by atoms with Crippen LogP contribution in [0, 0.1) is 6.92 Å². The topological polar surface area (TPSA) is 117 Å². The average molecular weight is 658 g/mol. The van der Waals surface area contributed by atoms with Crippen LogP contribution in [0.2, 0.25) is 0 Å². The summed E-state index contributed by atoms with van der Waals surface area (Å²) in [5.41, 5.74) is 3.96. The van der Waals surface area contributed by atoms with Gasteiger partial charge in [0.1, 0.15) is 17.9 Å². The molecule has 0 unspecified atom stereocenters. The fraction of sp³-hybridized carbons (Fsp3) is 0.147. The number of rotatable bonds is 9. The standard InChI is InChI=1S/C34H30Cl2N6O4/c1-22-16-17-23-10-7-15-29(30(23)38-22)46-21-25-9-4-5-14-28(25)42(3)32(44)34(35,36)40-33(45)39-26-12-6-11-24(19-26)31(43)41(2)27-13-8-18-37-20-27/h4-20H,21H2,1-3H3,(H2,39,40,45). The normalized spacial score (nSPS) is 11.1. The van der Waals surface area contributed by atoms with E-state index in [0.717, 1.165) is 16.6 Å². The molecule has 0 aliphatic carbocycles.